The van der Waals surface area contributed by atoms with Crippen molar-refractivity contribution >= 4 is 12.2 Å². The number of rotatable bonds is 3. The first-order valence-electron chi connectivity index (χ1n) is 3.86. The Balaban J connectivity index is 2.77. The number of hydrogen-bond acceptors (Lipinski definition) is 1. The Morgan fingerprint density at radius 2 is 1.75 bits per heavy atom. The molecule has 0 saturated carbocycles. The summed E-state index contributed by atoms with van der Waals surface area (Å²) in [5.74, 6) is 0. The molecule has 12 heavy (non-hydrogen) atoms. The van der Waals surface area contributed by atoms with Gasteiger partial charge in [0.15, 0.2) is 0 Å². The van der Waals surface area contributed by atoms with Crippen molar-refractivity contribution < 1.29 is 5.11 Å². The van der Waals surface area contributed by atoms with Crippen LogP contribution in [0.2, 0.25) is 0 Å². The number of benzene rings is 1. The van der Waals surface area contributed by atoms with Crippen molar-refractivity contribution in [1.82, 2.24) is 0 Å². The minimum atomic E-state index is 0.0865. The Bertz CT molecular complexity index is 270. The lowest BCUT2D eigenvalue weighted by molar-refractivity contribution is 0.343. The quantitative estimate of drug-likeness (QED) is 0.719. The van der Waals surface area contributed by atoms with Gasteiger partial charge in [-0.1, -0.05) is 49.1 Å². The molecule has 0 heterocycles. The van der Waals surface area contributed by atoms with E-state index in [0.29, 0.717) is 0 Å². The molecule has 0 saturated heterocycles. The van der Waals surface area contributed by atoms with Gasteiger partial charge in [-0.15, -0.1) is 0 Å². The normalized spacial score (nSPS) is 10.4. The molecular weight excluding hydrogens is 148 g/mol. The molecule has 0 aliphatic carbocycles. The first-order valence-corrected chi connectivity index (χ1v) is 3.86. The van der Waals surface area contributed by atoms with Crippen LogP contribution in [0.4, 0.5) is 0 Å². The Hall–Kier alpha value is -1.34. The average Bonchev–Trinajstić information content (AvgIpc) is 2.15. The molecule has 1 heteroatoms. The molecule has 0 atom stereocenters. The maximum Gasteiger partial charge on any atom is 0.0615 e. The van der Waals surface area contributed by atoms with Crippen molar-refractivity contribution in [2.75, 3.05) is 6.61 Å². The number of aliphatic hydroxyl groups excluding tert-OH is 1. The predicted molar refractivity (Wildman–Crippen MR) is 52.7 cm³/mol. The molecule has 0 radical (unpaired) electrons. The van der Waals surface area contributed by atoms with E-state index in [9.17, 15) is 0 Å². The van der Waals surface area contributed by atoms with Crippen LogP contribution >= 0.6 is 0 Å². The molecule has 62 valence electrons. The van der Waals surface area contributed by atoms with Gasteiger partial charge in [0.2, 0.25) is 0 Å². The first kappa shape index (κ1) is 8.75. The highest BCUT2D eigenvalue weighted by atomic mass is 16.2. The zero-order valence-corrected chi connectivity index (χ0v) is 6.90. The van der Waals surface area contributed by atoms with Crippen LogP contribution in [0.1, 0.15) is 11.1 Å². The smallest absolute Gasteiger partial charge is 0.0615 e. The predicted octanol–water partition coefficient (Wildman–Crippen LogP) is 2.34. The fourth-order valence-corrected chi connectivity index (χ4v) is 0.932. The van der Waals surface area contributed by atoms with Crippen LogP contribution in [0.3, 0.4) is 0 Å². The summed E-state index contributed by atoms with van der Waals surface area (Å²) in [5.41, 5.74) is 2.20. The molecule has 1 aromatic carbocycles. The molecule has 1 N–H and O–H groups in total. The largest absolute Gasteiger partial charge is 0.392 e. The summed E-state index contributed by atoms with van der Waals surface area (Å²) in [6.07, 6.45) is 5.40. The molecule has 1 rings (SSSR count). The summed E-state index contributed by atoms with van der Waals surface area (Å²) in [6, 6.07) is 7.96. The topological polar surface area (TPSA) is 20.2 Å². The monoisotopic (exact) mass is 160 g/mol. The standard InChI is InChI=1S/C11H12O/c1-2-10-5-7-11(8-6-10)4-3-9-12/h2-8,12H,1,9H2/b4-3+. The highest BCUT2D eigenvalue weighted by Crippen LogP contribution is 2.06. The van der Waals surface area contributed by atoms with E-state index in [1.54, 1.807) is 12.2 Å². The summed E-state index contributed by atoms with van der Waals surface area (Å²) in [4.78, 5) is 0. The fourth-order valence-electron chi connectivity index (χ4n) is 0.932. The van der Waals surface area contributed by atoms with Crippen molar-refractivity contribution in [1.29, 1.82) is 0 Å². The zero-order valence-electron chi connectivity index (χ0n) is 6.90. The van der Waals surface area contributed by atoms with Gasteiger partial charge in [-0.2, -0.15) is 0 Å². The SMILES string of the molecule is C=Cc1ccc(/C=C/CO)cc1. The molecule has 1 nitrogen and oxygen atoms in total. The van der Waals surface area contributed by atoms with E-state index in [-0.39, 0.29) is 6.61 Å². The van der Waals surface area contributed by atoms with Gasteiger partial charge in [0.1, 0.15) is 0 Å². The highest BCUT2D eigenvalue weighted by molar-refractivity contribution is 5.54. The molecule has 0 bridgehead atoms. The van der Waals surface area contributed by atoms with Gasteiger partial charge in [-0.05, 0) is 11.1 Å². The van der Waals surface area contributed by atoms with E-state index in [2.05, 4.69) is 6.58 Å². The van der Waals surface area contributed by atoms with Gasteiger partial charge in [0.25, 0.3) is 0 Å². The lowest BCUT2D eigenvalue weighted by atomic mass is 10.1. The van der Waals surface area contributed by atoms with Gasteiger partial charge >= 0.3 is 0 Å². The fraction of sp³-hybridized carbons (Fsp3) is 0.0909. The van der Waals surface area contributed by atoms with Gasteiger partial charge in [0.05, 0.1) is 6.61 Å². The summed E-state index contributed by atoms with van der Waals surface area (Å²) in [6.45, 7) is 3.75. The van der Waals surface area contributed by atoms with Gasteiger partial charge in [0, 0.05) is 0 Å². The van der Waals surface area contributed by atoms with E-state index in [1.807, 2.05) is 30.3 Å². The summed E-state index contributed by atoms with van der Waals surface area (Å²) in [7, 11) is 0. The zero-order chi connectivity index (χ0) is 8.81. The molecule has 0 aliphatic rings. The minimum absolute atomic E-state index is 0.0865. The summed E-state index contributed by atoms with van der Waals surface area (Å²) >= 11 is 0. The van der Waals surface area contributed by atoms with Crippen LogP contribution < -0.4 is 0 Å². The van der Waals surface area contributed by atoms with E-state index < -0.39 is 0 Å². The van der Waals surface area contributed by atoms with E-state index in [4.69, 9.17) is 5.11 Å². The third kappa shape index (κ3) is 2.36. The van der Waals surface area contributed by atoms with Crippen LogP contribution in [0.5, 0.6) is 0 Å². The van der Waals surface area contributed by atoms with Crippen molar-refractivity contribution in [3.8, 4) is 0 Å². The van der Waals surface area contributed by atoms with Gasteiger partial charge in [-0.25, -0.2) is 0 Å². The van der Waals surface area contributed by atoms with E-state index in [0.717, 1.165) is 11.1 Å². The first-order chi connectivity index (χ1) is 5.86. The lowest BCUT2D eigenvalue weighted by Gasteiger charge is -1.94. The van der Waals surface area contributed by atoms with Crippen LogP contribution in [0.15, 0.2) is 36.9 Å². The Morgan fingerprint density at radius 1 is 1.17 bits per heavy atom. The second-order valence-corrected chi connectivity index (χ2v) is 2.46. The second-order valence-electron chi connectivity index (χ2n) is 2.46. The van der Waals surface area contributed by atoms with Gasteiger partial charge < -0.3 is 5.11 Å². The molecule has 1 aromatic rings. The Labute approximate surface area is 72.7 Å². The van der Waals surface area contributed by atoms with E-state index >= 15 is 0 Å². The molecule has 0 amide bonds. The average molecular weight is 160 g/mol. The second kappa shape index (κ2) is 4.52. The highest BCUT2D eigenvalue weighted by Gasteiger charge is 1.85. The minimum Gasteiger partial charge on any atom is -0.392 e. The number of hydrogen-bond donors (Lipinski definition) is 1. The van der Waals surface area contributed by atoms with Gasteiger partial charge in [-0.3, -0.25) is 0 Å². The summed E-state index contributed by atoms with van der Waals surface area (Å²) < 4.78 is 0. The third-order valence-corrected chi connectivity index (χ3v) is 1.59. The maximum atomic E-state index is 8.53. The molecule has 0 unspecified atom stereocenters. The van der Waals surface area contributed by atoms with Crippen molar-refractivity contribution in [3.63, 3.8) is 0 Å². The van der Waals surface area contributed by atoms with Crippen LogP contribution in [0.25, 0.3) is 12.2 Å². The molecule has 0 aliphatic heterocycles. The van der Waals surface area contributed by atoms with Crippen molar-refractivity contribution in [2.45, 2.75) is 0 Å². The maximum absolute atomic E-state index is 8.53. The molecular formula is C11H12O. The van der Waals surface area contributed by atoms with Crippen LogP contribution in [-0.2, 0) is 0 Å². The Morgan fingerprint density at radius 3 is 2.25 bits per heavy atom. The molecule has 0 aromatic heterocycles. The molecule has 0 fully saturated rings. The van der Waals surface area contributed by atoms with Crippen molar-refractivity contribution in [3.05, 3.63) is 48.0 Å². The summed E-state index contributed by atoms with van der Waals surface area (Å²) in [5, 5.41) is 8.53. The lowest BCUT2D eigenvalue weighted by Crippen LogP contribution is -1.75. The molecule has 0 spiro atoms. The van der Waals surface area contributed by atoms with Crippen LogP contribution in [0, 0.1) is 0 Å². The number of aliphatic hydroxyl groups is 1. The van der Waals surface area contributed by atoms with E-state index in [1.165, 1.54) is 0 Å². The Kier molecular flexibility index (Phi) is 3.30. The van der Waals surface area contributed by atoms with Crippen molar-refractivity contribution in [2.24, 2.45) is 0 Å². The van der Waals surface area contributed by atoms with Crippen LogP contribution in [-0.4, -0.2) is 11.7 Å². The third-order valence-electron chi connectivity index (χ3n) is 1.59.